The molecular weight excluding hydrogens is 322 g/mol. The summed E-state index contributed by atoms with van der Waals surface area (Å²) < 4.78 is 5.89. The molecule has 2 aromatic carbocycles. The van der Waals surface area contributed by atoms with Crippen LogP contribution in [0.25, 0.3) is 0 Å². The number of hydrogen-bond donors (Lipinski definition) is 0. The second kappa shape index (κ2) is 9.35. The monoisotopic (exact) mass is 349 g/mol. The van der Waals surface area contributed by atoms with Crippen molar-refractivity contribution in [3.05, 3.63) is 84.4 Å². The highest BCUT2D eigenvalue weighted by Crippen LogP contribution is 2.25. The fraction of sp³-hybridized carbons (Fsp3) is 0.348. The van der Waals surface area contributed by atoms with Crippen LogP contribution in [-0.4, -0.2) is 30.0 Å². The van der Waals surface area contributed by atoms with Crippen molar-refractivity contribution < 1.29 is 9.53 Å². The molecule has 136 valence electrons. The maximum absolute atomic E-state index is 12.9. The normalized spacial score (nSPS) is 17.8. The lowest BCUT2D eigenvalue weighted by molar-refractivity contribution is -0.133. The van der Waals surface area contributed by atoms with E-state index in [-0.39, 0.29) is 17.9 Å². The molecule has 0 saturated carbocycles. The molecule has 3 heteroatoms. The fourth-order valence-electron chi connectivity index (χ4n) is 3.57. The zero-order chi connectivity index (χ0) is 18.2. The molecule has 0 aliphatic carbocycles. The summed E-state index contributed by atoms with van der Waals surface area (Å²) in [4.78, 5) is 14.9. The smallest absolute Gasteiger partial charge is 0.223 e. The SMILES string of the molecule is C=CC(CC(=O)N1CCC[C@H]1COCc1ccccc1)c1ccccc1. The summed E-state index contributed by atoms with van der Waals surface area (Å²) in [5, 5.41) is 0. The van der Waals surface area contributed by atoms with Gasteiger partial charge < -0.3 is 9.64 Å². The molecule has 1 aliphatic heterocycles. The predicted octanol–water partition coefficient (Wildman–Crippen LogP) is 4.55. The minimum Gasteiger partial charge on any atom is -0.375 e. The third-order valence-electron chi connectivity index (χ3n) is 5.03. The zero-order valence-corrected chi connectivity index (χ0v) is 15.2. The molecule has 26 heavy (non-hydrogen) atoms. The van der Waals surface area contributed by atoms with E-state index in [2.05, 4.69) is 30.8 Å². The van der Waals surface area contributed by atoms with E-state index >= 15 is 0 Å². The van der Waals surface area contributed by atoms with Crippen molar-refractivity contribution in [1.82, 2.24) is 4.90 Å². The van der Waals surface area contributed by atoms with E-state index in [1.165, 1.54) is 5.56 Å². The molecule has 0 radical (unpaired) electrons. The molecule has 3 rings (SSSR count). The van der Waals surface area contributed by atoms with Crippen LogP contribution in [0.1, 0.15) is 36.3 Å². The average molecular weight is 349 g/mol. The van der Waals surface area contributed by atoms with Crippen LogP contribution in [-0.2, 0) is 16.1 Å². The van der Waals surface area contributed by atoms with Gasteiger partial charge in [-0.2, -0.15) is 0 Å². The van der Waals surface area contributed by atoms with E-state index in [9.17, 15) is 4.79 Å². The van der Waals surface area contributed by atoms with Crippen LogP contribution in [0.5, 0.6) is 0 Å². The first kappa shape index (κ1) is 18.4. The number of ether oxygens (including phenoxy) is 1. The molecule has 1 heterocycles. The van der Waals surface area contributed by atoms with Gasteiger partial charge in [-0.1, -0.05) is 66.7 Å². The van der Waals surface area contributed by atoms with Gasteiger partial charge in [0.2, 0.25) is 5.91 Å². The van der Waals surface area contributed by atoms with Crippen LogP contribution < -0.4 is 0 Å². The lowest BCUT2D eigenvalue weighted by atomic mass is 9.95. The van der Waals surface area contributed by atoms with Gasteiger partial charge in [0.15, 0.2) is 0 Å². The molecule has 0 spiro atoms. The Labute approximate surface area is 156 Å². The van der Waals surface area contributed by atoms with E-state index in [1.807, 2.05) is 47.4 Å². The number of carbonyl (C=O) groups excluding carboxylic acids is 1. The van der Waals surface area contributed by atoms with E-state index < -0.39 is 0 Å². The Balaban J connectivity index is 1.53. The van der Waals surface area contributed by atoms with Gasteiger partial charge in [0.05, 0.1) is 19.3 Å². The molecule has 2 atom stereocenters. The maximum atomic E-state index is 12.9. The first-order valence-electron chi connectivity index (χ1n) is 9.36. The zero-order valence-electron chi connectivity index (χ0n) is 15.2. The predicted molar refractivity (Wildman–Crippen MR) is 105 cm³/mol. The van der Waals surface area contributed by atoms with Crippen LogP contribution in [0.3, 0.4) is 0 Å². The van der Waals surface area contributed by atoms with Gasteiger partial charge in [-0.05, 0) is 24.0 Å². The summed E-state index contributed by atoms with van der Waals surface area (Å²) in [6.45, 7) is 5.95. The number of nitrogens with zero attached hydrogens (tertiary/aromatic N) is 1. The minimum absolute atomic E-state index is 0.0650. The molecule has 1 aliphatic rings. The van der Waals surface area contributed by atoms with Crippen molar-refractivity contribution in [3.63, 3.8) is 0 Å². The minimum atomic E-state index is 0.0650. The van der Waals surface area contributed by atoms with Gasteiger partial charge in [0.1, 0.15) is 0 Å². The second-order valence-electron chi connectivity index (χ2n) is 6.84. The van der Waals surface area contributed by atoms with Crippen LogP contribution in [0.2, 0.25) is 0 Å². The third-order valence-corrected chi connectivity index (χ3v) is 5.03. The van der Waals surface area contributed by atoms with Crippen LogP contribution >= 0.6 is 0 Å². The Bertz CT molecular complexity index is 699. The summed E-state index contributed by atoms with van der Waals surface area (Å²) in [7, 11) is 0. The third kappa shape index (κ3) is 4.83. The van der Waals surface area contributed by atoms with E-state index in [0.29, 0.717) is 19.6 Å². The van der Waals surface area contributed by atoms with Gasteiger partial charge in [-0.3, -0.25) is 4.79 Å². The Morgan fingerprint density at radius 1 is 1.15 bits per heavy atom. The van der Waals surface area contributed by atoms with Crippen molar-refractivity contribution in [2.24, 2.45) is 0 Å². The summed E-state index contributed by atoms with van der Waals surface area (Å²) in [6.07, 6.45) is 4.42. The van der Waals surface area contributed by atoms with Crippen LogP contribution in [0.15, 0.2) is 73.3 Å². The quantitative estimate of drug-likeness (QED) is 0.654. The average Bonchev–Trinajstić information content (AvgIpc) is 3.16. The highest BCUT2D eigenvalue weighted by atomic mass is 16.5. The van der Waals surface area contributed by atoms with Crippen molar-refractivity contribution in [1.29, 1.82) is 0 Å². The number of amides is 1. The van der Waals surface area contributed by atoms with Gasteiger partial charge in [0, 0.05) is 18.9 Å². The molecule has 1 amide bonds. The Morgan fingerprint density at radius 3 is 2.54 bits per heavy atom. The number of benzene rings is 2. The topological polar surface area (TPSA) is 29.5 Å². The summed E-state index contributed by atoms with van der Waals surface area (Å²) in [5.41, 5.74) is 2.31. The number of allylic oxidation sites excluding steroid dienone is 1. The standard InChI is InChI=1S/C23H27NO2/c1-2-20(21-12-7-4-8-13-21)16-23(25)24-15-9-14-22(24)18-26-17-19-10-5-3-6-11-19/h2-8,10-13,20,22H,1,9,14-18H2/t20?,22-/m0/s1. The lowest BCUT2D eigenvalue weighted by Gasteiger charge is -2.26. The van der Waals surface area contributed by atoms with Crippen molar-refractivity contribution >= 4 is 5.91 Å². The van der Waals surface area contributed by atoms with E-state index in [0.717, 1.165) is 24.9 Å². The molecular formula is C23H27NO2. The highest BCUT2D eigenvalue weighted by molar-refractivity contribution is 5.78. The maximum Gasteiger partial charge on any atom is 0.223 e. The van der Waals surface area contributed by atoms with Crippen molar-refractivity contribution in [3.8, 4) is 0 Å². The Morgan fingerprint density at radius 2 is 1.85 bits per heavy atom. The summed E-state index contributed by atoms with van der Waals surface area (Å²) in [6, 6.07) is 20.5. The largest absolute Gasteiger partial charge is 0.375 e. The van der Waals surface area contributed by atoms with Gasteiger partial charge in [-0.15, -0.1) is 6.58 Å². The molecule has 3 nitrogen and oxygen atoms in total. The fourth-order valence-corrected chi connectivity index (χ4v) is 3.57. The van der Waals surface area contributed by atoms with Crippen molar-refractivity contribution in [2.75, 3.05) is 13.2 Å². The second-order valence-corrected chi connectivity index (χ2v) is 6.84. The number of hydrogen-bond acceptors (Lipinski definition) is 2. The molecule has 1 saturated heterocycles. The first-order chi connectivity index (χ1) is 12.8. The molecule has 0 N–H and O–H groups in total. The summed E-state index contributed by atoms with van der Waals surface area (Å²) >= 11 is 0. The highest BCUT2D eigenvalue weighted by Gasteiger charge is 2.29. The van der Waals surface area contributed by atoms with E-state index in [1.54, 1.807) is 0 Å². The molecule has 2 aromatic rings. The first-order valence-corrected chi connectivity index (χ1v) is 9.36. The van der Waals surface area contributed by atoms with E-state index in [4.69, 9.17) is 4.74 Å². The molecule has 0 aromatic heterocycles. The van der Waals surface area contributed by atoms with Crippen molar-refractivity contribution in [2.45, 2.75) is 37.8 Å². The van der Waals surface area contributed by atoms with Crippen LogP contribution in [0.4, 0.5) is 0 Å². The molecule has 1 fully saturated rings. The lowest BCUT2D eigenvalue weighted by Crippen LogP contribution is -2.38. The summed E-state index contributed by atoms with van der Waals surface area (Å²) in [5.74, 6) is 0.264. The Hall–Kier alpha value is -2.39. The van der Waals surface area contributed by atoms with Gasteiger partial charge in [0.25, 0.3) is 0 Å². The molecule has 1 unspecified atom stereocenters. The number of likely N-dealkylation sites (tertiary alicyclic amines) is 1. The van der Waals surface area contributed by atoms with Gasteiger partial charge >= 0.3 is 0 Å². The Kier molecular flexibility index (Phi) is 6.62. The van der Waals surface area contributed by atoms with Gasteiger partial charge in [-0.25, -0.2) is 0 Å². The number of carbonyl (C=O) groups is 1. The number of rotatable bonds is 8. The molecule has 0 bridgehead atoms. The van der Waals surface area contributed by atoms with Crippen LogP contribution in [0, 0.1) is 0 Å².